The second-order valence-electron chi connectivity index (χ2n) is 9.65. The van der Waals surface area contributed by atoms with E-state index in [0.29, 0.717) is 32.4 Å². The molecule has 8 heteroatoms. The lowest BCUT2D eigenvalue weighted by molar-refractivity contribution is -0.136. The molecule has 33 heavy (non-hydrogen) atoms. The molecule has 2 aromatic rings. The molecule has 3 aliphatic rings. The largest absolute Gasteiger partial charge is 0.343 e. The lowest BCUT2D eigenvalue weighted by Gasteiger charge is -2.39. The highest BCUT2D eigenvalue weighted by Gasteiger charge is 2.55. The number of carbonyl (C=O) groups is 3. The van der Waals surface area contributed by atoms with E-state index in [-0.39, 0.29) is 29.8 Å². The minimum absolute atomic E-state index is 0.0236. The highest BCUT2D eigenvalue weighted by Crippen LogP contribution is 2.36. The number of rotatable bonds is 5. The monoisotopic (exact) mass is 466 g/mol. The van der Waals surface area contributed by atoms with Gasteiger partial charge in [-0.3, -0.25) is 14.5 Å². The Balaban J connectivity index is 1.19. The van der Waals surface area contributed by atoms with Crippen LogP contribution in [0.1, 0.15) is 47.9 Å². The number of urea groups is 1. The first-order chi connectivity index (χ1) is 15.9. The zero-order chi connectivity index (χ0) is 23.2. The Bertz CT molecular complexity index is 1070. The second kappa shape index (κ2) is 8.56. The Morgan fingerprint density at radius 1 is 1.18 bits per heavy atom. The Kier molecular flexibility index (Phi) is 5.72. The fourth-order valence-electron chi connectivity index (χ4n) is 5.66. The molecule has 1 N–H and O–H groups in total. The number of carbonyl (C=O) groups excluding carboxylic acids is 3. The first-order valence-electron chi connectivity index (χ1n) is 11.8. The lowest BCUT2D eigenvalue weighted by atomic mass is 9.78. The summed E-state index contributed by atoms with van der Waals surface area (Å²) >= 11 is 1.60. The van der Waals surface area contributed by atoms with Crippen LogP contribution in [-0.4, -0.2) is 57.3 Å². The number of likely N-dealkylation sites (tertiary alicyclic amines) is 1. The first-order valence-corrected chi connectivity index (χ1v) is 12.6. The summed E-state index contributed by atoms with van der Waals surface area (Å²) in [6.07, 6.45) is 4.07. The van der Waals surface area contributed by atoms with Crippen LogP contribution < -0.4 is 5.32 Å². The van der Waals surface area contributed by atoms with E-state index < -0.39 is 5.54 Å². The molecule has 0 bridgehead atoms. The van der Waals surface area contributed by atoms with Crippen LogP contribution >= 0.6 is 11.3 Å². The Morgan fingerprint density at radius 2 is 1.85 bits per heavy atom. The van der Waals surface area contributed by atoms with Gasteiger partial charge in [-0.1, -0.05) is 24.3 Å². The molecule has 4 amide bonds. The maximum absolute atomic E-state index is 13.5. The van der Waals surface area contributed by atoms with Gasteiger partial charge in [0.1, 0.15) is 5.54 Å². The second-order valence-corrected chi connectivity index (χ2v) is 10.6. The van der Waals surface area contributed by atoms with E-state index in [9.17, 15) is 14.4 Å². The summed E-state index contributed by atoms with van der Waals surface area (Å²) in [5.74, 6) is 0.0600. The van der Waals surface area contributed by atoms with Crippen molar-refractivity contribution in [1.82, 2.24) is 20.1 Å². The summed E-state index contributed by atoms with van der Waals surface area (Å²) in [6, 6.07) is 7.77. The van der Waals surface area contributed by atoms with Gasteiger partial charge >= 0.3 is 6.03 Å². The maximum atomic E-state index is 13.5. The fourth-order valence-corrected chi connectivity index (χ4v) is 6.44. The van der Waals surface area contributed by atoms with Gasteiger partial charge in [0.15, 0.2) is 0 Å². The van der Waals surface area contributed by atoms with Crippen molar-refractivity contribution in [3.63, 3.8) is 0 Å². The van der Waals surface area contributed by atoms with Crippen molar-refractivity contribution in [2.75, 3.05) is 13.1 Å². The van der Waals surface area contributed by atoms with E-state index in [4.69, 9.17) is 0 Å². The van der Waals surface area contributed by atoms with Gasteiger partial charge in [-0.25, -0.2) is 9.78 Å². The van der Waals surface area contributed by atoms with Gasteiger partial charge in [0.2, 0.25) is 5.91 Å². The highest BCUT2D eigenvalue weighted by atomic mass is 32.1. The molecule has 2 aliphatic heterocycles. The normalized spacial score (nSPS) is 23.8. The Morgan fingerprint density at radius 3 is 2.45 bits per heavy atom. The summed E-state index contributed by atoms with van der Waals surface area (Å²) in [5.41, 5.74) is 4.36. The summed E-state index contributed by atoms with van der Waals surface area (Å²) < 4.78 is 0. The van der Waals surface area contributed by atoms with E-state index in [2.05, 4.69) is 22.4 Å². The molecule has 1 aromatic carbocycles. The summed E-state index contributed by atoms with van der Waals surface area (Å²) in [6.45, 7) is 5.09. The Labute approximate surface area is 198 Å². The van der Waals surface area contributed by atoms with Crippen LogP contribution in [0.2, 0.25) is 0 Å². The molecule has 1 aliphatic carbocycles. The average molecular weight is 467 g/mol. The molecule has 0 saturated carbocycles. The number of imide groups is 1. The lowest BCUT2D eigenvalue weighted by Crippen LogP contribution is -2.55. The van der Waals surface area contributed by atoms with Gasteiger partial charge in [-0.2, -0.15) is 0 Å². The average Bonchev–Trinajstić information content (AvgIpc) is 3.48. The first kappa shape index (κ1) is 22.1. The van der Waals surface area contributed by atoms with Crippen LogP contribution in [0, 0.1) is 12.8 Å². The summed E-state index contributed by atoms with van der Waals surface area (Å²) in [4.78, 5) is 47.9. The standard InChI is InChI=1S/C25H30N4O3S/c1-16-21(33-15-26-16)7-8-22(30)28-11-9-19(10-12-28)25(2)23(31)29(24(32)27-25)20-13-17-5-3-4-6-18(17)14-20/h3-6,15,19-20H,7-14H2,1-2H3,(H,27,32)/t25-/m0/s1. The molecule has 0 radical (unpaired) electrons. The smallest absolute Gasteiger partial charge is 0.325 e. The fraction of sp³-hybridized carbons (Fsp3) is 0.520. The van der Waals surface area contributed by atoms with Crippen molar-refractivity contribution < 1.29 is 14.4 Å². The van der Waals surface area contributed by atoms with Crippen molar-refractivity contribution in [2.24, 2.45) is 5.92 Å². The predicted octanol–water partition coefficient (Wildman–Crippen LogP) is 3.10. The number of nitrogens with one attached hydrogen (secondary N) is 1. The van der Waals surface area contributed by atoms with Crippen LogP contribution in [0.15, 0.2) is 29.8 Å². The van der Waals surface area contributed by atoms with Gasteiger partial charge < -0.3 is 10.2 Å². The number of piperidine rings is 1. The van der Waals surface area contributed by atoms with Crippen LogP contribution in [0.4, 0.5) is 4.79 Å². The van der Waals surface area contributed by atoms with Crippen molar-refractivity contribution in [1.29, 1.82) is 0 Å². The zero-order valence-electron chi connectivity index (χ0n) is 19.2. The molecule has 5 rings (SSSR count). The van der Waals surface area contributed by atoms with Crippen molar-refractivity contribution >= 4 is 29.2 Å². The zero-order valence-corrected chi connectivity index (χ0v) is 20.0. The Hall–Kier alpha value is -2.74. The molecule has 3 heterocycles. The van der Waals surface area contributed by atoms with E-state index in [0.717, 1.165) is 25.0 Å². The number of hydrogen-bond acceptors (Lipinski definition) is 5. The maximum Gasteiger partial charge on any atom is 0.325 e. The van der Waals surface area contributed by atoms with Crippen LogP contribution in [-0.2, 0) is 28.9 Å². The number of aryl methyl sites for hydroxylation is 2. The number of fused-ring (bicyclic) bond motifs is 1. The molecule has 2 saturated heterocycles. The van der Waals surface area contributed by atoms with E-state index in [1.165, 1.54) is 20.9 Å². The van der Waals surface area contributed by atoms with Crippen molar-refractivity contribution in [3.05, 3.63) is 51.5 Å². The van der Waals surface area contributed by atoms with Gasteiger partial charge in [-0.15, -0.1) is 11.3 Å². The minimum atomic E-state index is -0.902. The van der Waals surface area contributed by atoms with Crippen molar-refractivity contribution in [2.45, 2.75) is 64.0 Å². The molecule has 2 fully saturated rings. The van der Waals surface area contributed by atoms with Gasteiger partial charge in [0.25, 0.3) is 5.91 Å². The number of hydrogen-bond donors (Lipinski definition) is 1. The van der Waals surface area contributed by atoms with E-state index in [1.54, 1.807) is 11.3 Å². The third-order valence-corrected chi connectivity index (χ3v) is 8.71. The summed E-state index contributed by atoms with van der Waals surface area (Å²) in [7, 11) is 0. The molecule has 1 aromatic heterocycles. The SMILES string of the molecule is Cc1ncsc1CCC(=O)N1CCC([C@]2(C)NC(=O)N(C3Cc4ccccc4C3)C2=O)CC1. The molecule has 0 spiro atoms. The van der Waals surface area contributed by atoms with Gasteiger partial charge in [0.05, 0.1) is 11.2 Å². The number of benzene rings is 1. The van der Waals surface area contributed by atoms with E-state index in [1.807, 2.05) is 36.4 Å². The van der Waals surface area contributed by atoms with Gasteiger partial charge in [-0.05, 0) is 63.0 Å². The molecular formula is C25H30N4O3S. The third-order valence-electron chi connectivity index (χ3n) is 7.72. The molecule has 1 atom stereocenters. The number of aromatic nitrogens is 1. The molecule has 0 unspecified atom stereocenters. The number of amides is 4. The summed E-state index contributed by atoms with van der Waals surface area (Å²) in [5, 5.41) is 3.03. The quantitative estimate of drug-likeness (QED) is 0.687. The van der Waals surface area contributed by atoms with E-state index >= 15 is 0 Å². The topological polar surface area (TPSA) is 82.6 Å². The third kappa shape index (κ3) is 3.94. The van der Waals surface area contributed by atoms with Crippen LogP contribution in [0.25, 0.3) is 0 Å². The number of nitrogens with zero attached hydrogens (tertiary/aromatic N) is 3. The molecule has 7 nitrogen and oxygen atoms in total. The number of thiazole rings is 1. The molecular weight excluding hydrogens is 436 g/mol. The van der Waals surface area contributed by atoms with Crippen molar-refractivity contribution in [3.8, 4) is 0 Å². The van der Waals surface area contributed by atoms with Gasteiger partial charge in [0, 0.05) is 30.4 Å². The highest BCUT2D eigenvalue weighted by molar-refractivity contribution is 7.09. The molecule has 174 valence electrons. The van der Waals surface area contributed by atoms with Crippen LogP contribution in [0.3, 0.4) is 0 Å². The predicted molar refractivity (Wildman–Crippen MR) is 126 cm³/mol. The van der Waals surface area contributed by atoms with Crippen LogP contribution in [0.5, 0.6) is 0 Å². The minimum Gasteiger partial charge on any atom is -0.343 e.